The molecule has 2 aromatic carbocycles. The molecule has 3 rings (SSSR count). The van der Waals surface area contributed by atoms with Crippen LogP contribution in [0.2, 0.25) is 0 Å². The molecule has 0 spiro atoms. The Morgan fingerprint density at radius 1 is 1.08 bits per heavy atom. The minimum atomic E-state index is -1.06. The van der Waals surface area contributed by atoms with E-state index in [-0.39, 0.29) is 5.78 Å². The van der Waals surface area contributed by atoms with Crippen LogP contribution in [0, 0.1) is 0 Å². The molecule has 0 heterocycles. The minimum absolute atomic E-state index is 0.114. The van der Waals surface area contributed by atoms with Crippen LogP contribution in [0.15, 0.2) is 42.5 Å². The fourth-order valence-corrected chi connectivity index (χ4v) is 3.47. The zero-order valence-corrected chi connectivity index (χ0v) is 14.4. The summed E-state index contributed by atoms with van der Waals surface area (Å²) in [7, 11) is 0. The number of aliphatic carboxylic acids is 1. The Bertz CT molecular complexity index is 862. The number of benzene rings is 2. The molecule has 2 aromatic rings. The second-order valence-electron chi connectivity index (χ2n) is 5.75. The van der Waals surface area contributed by atoms with Gasteiger partial charge in [0.15, 0.2) is 5.78 Å². The summed E-state index contributed by atoms with van der Waals surface area (Å²) in [5.74, 6) is -1.02. The molecule has 0 aromatic heterocycles. The topological polar surface area (TPSA) is 83.5 Å². The molecule has 25 heavy (non-hydrogen) atoms. The van der Waals surface area contributed by atoms with E-state index in [4.69, 9.17) is 0 Å². The van der Waals surface area contributed by atoms with Crippen molar-refractivity contribution in [1.82, 2.24) is 5.32 Å². The van der Waals surface area contributed by atoms with E-state index >= 15 is 0 Å². The van der Waals surface area contributed by atoms with E-state index in [1.54, 1.807) is 36.4 Å². The highest BCUT2D eigenvalue weighted by Crippen LogP contribution is 2.38. The Morgan fingerprint density at radius 3 is 2.44 bits per heavy atom. The van der Waals surface area contributed by atoms with Crippen molar-refractivity contribution in [3.63, 3.8) is 0 Å². The molecule has 0 saturated heterocycles. The number of carboxylic acids is 1. The van der Waals surface area contributed by atoms with Gasteiger partial charge in [0.25, 0.3) is 5.91 Å². The Morgan fingerprint density at radius 2 is 1.76 bits per heavy atom. The highest BCUT2D eigenvalue weighted by atomic mass is 32.2. The van der Waals surface area contributed by atoms with Gasteiger partial charge in [-0.2, -0.15) is 11.8 Å². The first-order valence-corrected chi connectivity index (χ1v) is 9.23. The lowest BCUT2D eigenvalue weighted by atomic mass is 9.98. The third kappa shape index (κ3) is 3.17. The standard InChI is InChI=1S/C19H17NO4S/c1-25-10-9-15(19(23)24)20-18(22)14-8-4-7-13-16(14)11-5-2-3-6-12(11)17(13)21/h2-8,15H,9-10H2,1H3,(H,20,22)(H,23,24). The zero-order chi connectivity index (χ0) is 18.0. The van der Waals surface area contributed by atoms with Gasteiger partial charge in [-0.1, -0.05) is 36.4 Å². The number of rotatable bonds is 6. The summed E-state index contributed by atoms with van der Waals surface area (Å²) in [5.41, 5.74) is 2.66. The van der Waals surface area contributed by atoms with Gasteiger partial charge in [-0.15, -0.1) is 0 Å². The number of thioether (sulfide) groups is 1. The number of ketones is 1. The molecule has 0 radical (unpaired) electrons. The summed E-state index contributed by atoms with van der Waals surface area (Å²) in [6, 6.07) is 11.1. The molecule has 1 aliphatic carbocycles. The number of carbonyl (C=O) groups excluding carboxylic acids is 2. The van der Waals surface area contributed by atoms with Crippen molar-refractivity contribution < 1.29 is 19.5 Å². The average molecular weight is 355 g/mol. The minimum Gasteiger partial charge on any atom is -0.480 e. The number of carboxylic acid groups (broad SMARTS) is 1. The third-order valence-electron chi connectivity index (χ3n) is 4.21. The SMILES string of the molecule is CSCCC(NC(=O)c1cccc2c1-c1ccccc1C2=O)C(=O)O. The maximum atomic E-state index is 12.7. The van der Waals surface area contributed by atoms with E-state index in [1.807, 2.05) is 12.3 Å². The first-order valence-electron chi connectivity index (χ1n) is 7.84. The normalized spacial score (nSPS) is 13.1. The van der Waals surface area contributed by atoms with Gasteiger partial charge in [-0.3, -0.25) is 9.59 Å². The molecule has 5 nitrogen and oxygen atoms in total. The van der Waals surface area contributed by atoms with Crippen LogP contribution in [-0.4, -0.2) is 40.8 Å². The third-order valence-corrected chi connectivity index (χ3v) is 4.85. The summed E-state index contributed by atoms with van der Waals surface area (Å²) in [6.07, 6.45) is 2.22. The lowest BCUT2D eigenvalue weighted by Gasteiger charge is -2.15. The monoisotopic (exact) mass is 355 g/mol. The smallest absolute Gasteiger partial charge is 0.326 e. The molecular weight excluding hydrogens is 338 g/mol. The number of amides is 1. The number of carbonyl (C=O) groups is 3. The van der Waals surface area contributed by atoms with Crippen LogP contribution < -0.4 is 5.32 Å². The van der Waals surface area contributed by atoms with Crippen LogP contribution in [0.3, 0.4) is 0 Å². The van der Waals surface area contributed by atoms with Gasteiger partial charge < -0.3 is 10.4 Å². The predicted molar refractivity (Wildman–Crippen MR) is 97.2 cm³/mol. The zero-order valence-electron chi connectivity index (χ0n) is 13.6. The van der Waals surface area contributed by atoms with Crippen molar-refractivity contribution in [2.45, 2.75) is 12.5 Å². The Kier molecular flexibility index (Phi) is 4.90. The molecule has 1 aliphatic rings. The van der Waals surface area contributed by atoms with Crippen LogP contribution in [0.1, 0.15) is 32.7 Å². The van der Waals surface area contributed by atoms with Crippen molar-refractivity contribution in [1.29, 1.82) is 0 Å². The van der Waals surface area contributed by atoms with Crippen molar-refractivity contribution in [3.8, 4) is 11.1 Å². The summed E-state index contributed by atoms with van der Waals surface area (Å²) in [5, 5.41) is 11.9. The molecule has 0 fully saturated rings. The quantitative estimate of drug-likeness (QED) is 0.710. The van der Waals surface area contributed by atoms with Crippen LogP contribution in [-0.2, 0) is 4.79 Å². The van der Waals surface area contributed by atoms with Gasteiger partial charge in [0.1, 0.15) is 6.04 Å². The predicted octanol–water partition coefficient (Wildman–Crippen LogP) is 2.83. The second kappa shape index (κ2) is 7.11. The summed E-state index contributed by atoms with van der Waals surface area (Å²) in [4.78, 5) is 36.6. The second-order valence-corrected chi connectivity index (χ2v) is 6.73. The van der Waals surface area contributed by atoms with E-state index in [9.17, 15) is 19.5 Å². The molecule has 1 amide bonds. The van der Waals surface area contributed by atoms with Gasteiger partial charge in [-0.05, 0) is 30.1 Å². The maximum Gasteiger partial charge on any atom is 0.326 e. The lowest BCUT2D eigenvalue weighted by molar-refractivity contribution is -0.139. The van der Waals surface area contributed by atoms with E-state index in [2.05, 4.69) is 5.32 Å². The van der Waals surface area contributed by atoms with Crippen LogP contribution >= 0.6 is 11.8 Å². The summed E-state index contributed by atoms with van der Waals surface area (Å²) < 4.78 is 0. The van der Waals surface area contributed by atoms with Crippen molar-refractivity contribution >= 4 is 29.4 Å². The van der Waals surface area contributed by atoms with Gasteiger partial charge in [0.2, 0.25) is 0 Å². The molecular formula is C19H17NO4S. The first-order chi connectivity index (χ1) is 12.0. The molecule has 128 valence electrons. The van der Waals surface area contributed by atoms with E-state index < -0.39 is 17.9 Å². The molecule has 6 heteroatoms. The largest absolute Gasteiger partial charge is 0.480 e. The number of hydrogen-bond acceptors (Lipinski definition) is 4. The molecule has 2 N–H and O–H groups in total. The lowest BCUT2D eigenvalue weighted by Crippen LogP contribution is -2.41. The number of hydrogen-bond donors (Lipinski definition) is 2. The fraction of sp³-hybridized carbons (Fsp3) is 0.211. The van der Waals surface area contributed by atoms with E-state index in [1.165, 1.54) is 11.8 Å². The molecule has 0 bridgehead atoms. The van der Waals surface area contributed by atoms with Gasteiger partial charge in [0, 0.05) is 22.3 Å². The molecule has 1 unspecified atom stereocenters. The van der Waals surface area contributed by atoms with Crippen LogP contribution in [0.4, 0.5) is 0 Å². The van der Waals surface area contributed by atoms with Crippen LogP contribution in [0.5, 0.6) is 0 Å². The fourth-order valence-electron chi connectivity index (χ4n) is 2.99. The maximum absolute atomic E-state index is 12.7. The average Bonchev–Trinajstić information content (AvgIpc) is 2.91. The van der Waals surface area contributed by atoms with Gasteiger partial charge in [0.05, 0.1) is 0 Å². The first kappa shape index (κ1) is 17.2. The Balaban J connectivity index is 1.97. The molecule has 0 aliphatic heterocycles. The van der Waals surface area contributed by atoms with E-state index in [0.29, 0.717) is 40.0 Å². The van der Waals surface area contributed by atoms with E-state index in [0.717, 1.165) is 0 Å². The molecule has 0 saturated carbocycles. The van der Waals surface area contributed by atoms with Crippen molar-refractivity contribution in [2.75, 3.05) is 12.0 Å². The Hall–Kier alpha value is -2.60. The van der Waals surface area contributed by atoms with Gasteiger partial charge >= 0.3 is 5.97 Å². The highest BCUT2D eigenvalue weighted by Gasteiger charge is 2.31. The number of fused-ring (bicyclic) bond motifs is 3. The molecule has 1 atom stereocenters. The number of nitrogens with one attached hydrogen (secondary N) is 1. The van der Waals surface area contributed by atoms with Crippen molar-refractivity contribution in [3.05, 3.63) is 59.2 Å². The van der Waals surface area contributed by atoms with Gasteiger partial charge in [-0.25, -0.2) is 4.79 Å². The van der Waals surface area contributed by atoms with Crippen LogP contribution in [0.25, 0.3) is 11.1 Å². The Labute approximate surface area is 149 Å². The summed E-state index contributed by atoms with van der Waals surface area (Å²) in [6.45, 7) is 0. The van der Waals surface area contributed by atoms with Crippen molar-refractivity contribution in [2.24, 2.45) is 0 Å². The highest BCUT2D eigenvalue weighted by molar-refractivity contribution is 7.98. The summed E-state index contributed by atoms with van der Waals surface area (Å²) >= 11 is 1.52.